The Hall–Kier alpha value is -0.610. The molecule has 1 atom stereocenters. The lowest BCUT2D eigenvalue weighted by atomic mass is 10.0. The van der Waals surface area contributed by atoms with E-state index in [0.717, 1.165) is 57.7 Å². The first kappa shape index (κ1) is 26.4. The Balaban J connectivity index is 0.00000676. The molecule has 0 saturated carbocycles. The molecule has 1 rings (SSSR count). The van der Waals surface area contributed by atoms with Crippen molar-refractivity contribution in [2.75, 3.05) is 60.0 Å². The number of guanidine groups is 1. The molecule has 0 aromatic rings. The zero-order valence-electron chi connectivity index (χ0n) is 17.8. The number of nitrogens with one attached hydrogen (secondary N) is 2. The second-order valence-electron chi connectivity index (χ2n) is 7.70. The minimum atomic E-state index is 0. The predicted molar refractivity (Wildman–Crippen MR) is 123 cm³/mol. The van der Waals surface area contributed by atoms with E-state index in [2.05, 4.69) is 41.3 Å². The highest BCUT2D eigenvalue weighted by Gasteiger charge is 2.11. The van der Waals surface area contributed by atoms with Crippen LogP contribution < -0.4 is 10.6 Å². The maximum Gasteiger partial charge on any atom is 0.243 e. The molecule has 1 saturated heterocycles. The summed E-state index contributed by atoms with van der Waals surface area (Å²) in [7, 11) is 3.51. The number of hydrogen-bond donors (Lipinski definition) is 2. The molecule has 1 heterocycles. The molecule has 0 spiro atoms. The van der Waals surface area contributed by atoms with Crippen LogP contribution in [0.2, 0.25) is 0 Å². The van der Waals surface area contributed by atoms with Gasteiger partial charge >= 0.3 is 0 Å². The van der Waals surface area contributed by atoms with Gasteiger partial charge in [-0.2, -0.15) is 0 Å². The fourth-order valence-corrected chi connectivity index (χ4v) is 2.74. The summed E-state index contributed by atoms with van der Waals surface area (Å²) in [4.78, 5) is 20.3. The first-order valence-corrected chi connectivity index (χ1v) is 9.93. The number of carbonyl (C=O) groups excluding carboxylic acids is 1. The smallest absolute Gasteiger partial charge is 0.243 e. The molecule has 1 fully saturated rings. The Morgan fingerprint density at radius 3 is 2.44 bits per heavy atom. The lowest BCUT2D eigenvalue weighted by Crippen LogP contribution is -2.47. The highest BCUT2D eigenvalue weighted by atomic mass is 127. The number of nitrogens with zero attached hydrogens (tertiary/aromatic N) is 3. The lowest BCUT2D eigenvalue weighted by Gasteiger charge is -2.27. The minimum absolute atomic E-state index is 0. The Morgan fingerprint density at radius 1 is 1.19 bits per heavy atom. The number of hydrogen-bond acceptors (Lipinski definition) is 4. The lowest BCUT2D eigenvalue weighted by molar-refractivity contribution is -0.127. The van der Waals surface area contributed by atoms with Crippen molar-refractivity contribution >= 4 is 35.8 Å². The highest BCUT2D eigenvalue weighted by Crippen LogP contribution is 2.08. The molecular weight excluding hydrogens is 457 g/mol. The third-order valence-corrected chi connectivity index (χ3v) is 4.50. The number of halogens is 1. The molecule has 0 aliphatic carbocycles. The van der Waals surface area contributed by atoms with Gasteiger partial charge in [0.1, 0.15) is 6.54 Å². The SMILES string of the molecule is CC(C)CCCC(C)NC(=NCC(=O)N(C)C)NCCN1CCOCC1.I. The van der Waals surface area contributed by atoms with Crippen LogP contribution in [0.3, 0.4) is 0 Å². The zero-order chi connectivity index (χ0) is 19.4. The summed E-state index contributed by atoms with van der Waals surface area (Å²) >= 11 is 0. The highest BCUT2D eigenvalue weighted by molar-refractivity contribution is 14.0. The summed E-state index contributed by atoms with van der Waals surface area (Å²) < 4.78 is 5.38. The molecule has 2 N–H and O–H groups in total. The molecule has 8 heteroatoms. The summed E-state index contributed by atoms with van der Waals surface area (Å²) in [5.74, 6) is 1.47. The predicted octanol–water partition coefficient (Wildman–Crippen LogP) is 1.77. The summed E-state index contributed by atoms with van der Waals surface area (Å²) in [6, 6.07) is 0.331. The van der Waals surface area contributed by atoms with Gasteiger partial charge in [0.15, 0.2) is 5.96 Å². The average molecular weight is 497 g/mol. The topological polar surface area (TPSA) is 69.2 Å². The summed E-state index contributed by atoms with van der Waals surface area (Å²) in [6.45, 7) is 12.2. The standard InChI is InChI=1S/C19H39N5O2.HI/c1-16(2)7-6-8-17(3)22-19(21-15-18(25)23(4)5)20-9-10-24-11-13-26-14-12-24;/h16-17H,6-15H2,1-5H3,(H2,20,21,22);1H. The zero-order valence-corrected chi connectivity index (χ0v) is 20.1. The van der Waals surface area contributed by atoms with Crippen molar-refractivity contribution in [2.24, 2.45) is 10.9 Å². The molecular formula is C19H40IN5O2. The molecule has 7 nitrogen and oxygen atoms in total. The molecule has 0 bridgehead atoms. The van der Waals surface area contributed by atoms with Gasteiger partial charge in [0.2, 0.25) is 5.91 Å². The molecule has 0 aromatic carbocycles. The second kappa shape index (κ2) is 15.3. The van der Waals surface area contributed by atoms with Gasteiger partial charge in [-0.05, 0) is 19.3 Å². The van der Waals surface area contributed by atoms with Gasteiger partial charge in [-0.15, -0.1) is 24.0 Å². The van der Waals surface area contributed by atoms with Crippen molar-refractivity contribution in [3.8, 4) is 0 Å². The number of amides is 1. The fourth-order valence-electron chi connectivity index (χ4n) is 2.74. The molecule has 27 heavy (non-hydrogen) atoms. The maximum atomic E-state index is 11.8. The second-order valence-corrected chi connectivity index (χ2v) is 7.70. The normalized spacial score (nSPS) is 16.6. The first-order valence-electron chi connectivity index (χ1n) is 9.93. The van der Waals surface area contributed by atoms with Gasteiger partial charge in [-0.3, -0.25) is 9.69 Å². The Bertz CT molecular complexity index is 426. The van der Waals surface area contributed by atoms with Crippen LogP contribution >= 0.6 is 24.0 Å². The number of aliphatic imine (C=N–C) groups is 1. The minimum Gasteiger partial charge on any atom is -0.379 e. The molecule has 1 aliphatic rings. The third-order valence-electron chi connectivity index (χ3n) is 4.50. The van der Waals surface area contributed by atoms with Crippen molar-refractivity contribution in [2.45, 2.75) is 46.1 Å². The van der Waals surface area contributed by atoms with E-state index in [0.29, 0.717) is 6.04 Å². The Labute approximate surface area is 182 Å². The first-order chi connectivity index (χ1) is 12.4. The number of rotatable bonds is 10. The fraction of sp³-hybridized carbons (Fsp3) is 0.895. The maximum absolute atomic E-state index is 11.8. The van der Waals surface area contributed by atoms with Crippen LogP contribution in [0.15, 0.2) is 4.99 Å². The summed E-state index contributed by atoms with van der Waals surface area (Å²) in [5, 5.41) is 6.82. The van der Waals surface area contributed by atoms with Gasteiger partial charge in [-0.25, -0.2) is 4.99 Å². The van der Waals surface area contributed by atoms with Crippen LogP contribution in [0.1, 0.15) is 40.0 Å². The van der Waals surface area contributed by atoms with Crippen LogP contribution in [0.5, 0.6) is 0 Å². The molecule has 1 amide bonds. The van der Waals surface area contributed by atoms with E-state index in [1.807, 2.05) is 0 Å². The van der Waals surface area contributed by atoms with Crippen LogP contribution in [0.4, 0.5) is 0 Å². The Morgan fingerprint density at radius 2 is 1.85 bits per heavy atom. The van der Waals surface area contributed by atoms with Crippen molar-refractivity contribution in [1.82, 2.24) is 20.4 Å². The quantitative estimate of drug-likeness (QED) is 0.274. The monoisotopic (exact) mass is 497 g/mol. The van der Waals surface area contributed by atoms with Crippen molar-refractivity contribution < 1.29 is 9.53 Å². The van der Waals surface area contributed by atoms with Gasteiger partial charge in [0.05, 0.1) is 13.2 Å². The van der Waals surface area contributed by atoms with E-state index in [1.54, 1.807) is 19.0 Å². The van der Waals surface area contributed by atoms with Crippen LogP contribution in [0, 0.1) is 5.92 Å². The number of ether oxygens (including phenoxy) is 1. The largest absolute Gasteiger partial charge is 0.379 e. The number of likely N-dealkylation sites (N-methyl/N-ethyl adjacent to an activating group) is 1. The van der Waals surface area contributed by atoms with E-state index >= 15 is 0 Å². The van der Waals surface area contributed by atoms with Crippen LogP contribution in [0.25, 0.3) is 0 Å². The van der Waals surface area contributed by atoms with Crippen molar-refractivity contribution in [3.63, 3.8) is 0 Å². The van der Waals surface area contributed by atoms with E-state index in [-0.39, 0.29) is 36.4 Å². The van der Waals surface area contributed by atoms with Crippen molar-refractivity contribution in [3.05, 3.63) is 0 Å². The van der Waals surface area contributed by atoms with Crippen molar-refractivity contribution in [1.29, 1.82) is 0 Å². The molecule has 1 unspecified atom stereocenters. The summed E-state index contributed by atoms with van der Waals surface area (Å²) in [5.41, 5.74) is 0. The van der Waals surface area contributed by atoms with E-state index < -0.39 is 0 Å². The van der Waals surface area contributed by atoms with Crippen LogP contribution in [-0.2, 0) is 9.53 Å². The molecule has 160 valence electrons. The molecule has 1 aliphatic heterocycles. The average Bonchev–Trinajstić information content (AvgIpc) is 2.59. The van der Waals surface area contributed by atoms with E-state index in [9.17, 15) is 4.79 Å². The van der Waals surface area contributed by atoms with E-state index in [1.165, 1.54) is 12.8 Å². The van der Waals surface area contributed by atoms with Gasteiger partial charge in [0.25, 0.3) is 0 Å². The number of carbonyl (C=O) groups is 1. The van der Waals surface area contributed by atoms with Gasteiger partial charge in [0, 0.05) is 46.3 Å². The van der Waals surface area contributed by atoms with E-state index in [4.69, 9.17) is 4.74 Å². The van der Waals surface area contributed by atoms with Gasteiger partial charge < -0.3 is 20.3 Å². The molecule has 0 aromatic heterocycles. The Kier molecular flexibility index (Phi) is 15.0. The molecule has 0 radical (unpaired) electrons. The van der Waals surface area contributed by atoms with Crippen LogP contribution in [-0.4, -0.2) is 87.7 Å². The number of morpholine rings is 1. The van der Waals surface area contributed by atoms with Gasteiger partial charge in [-0.1, -0.05) is 26.7 Å². The third kappa shape index (κ3) is 13.2. The summed E-state index contributed by atoms with van der Waals surface area (Å²) in [6.07, 6.45) is 3.54.